The summed E-state index contributed by atoms with van der Waals surface area (Å²) < 4.78 is 79.9. The molecule has 130 valence electrons. The van der Waals surface area contributed by atoms with Crippen molar-refractivity contribution in [3.05, 3.63) is 22.5 Å². The topological polar surface area (TPSA) is 86.1 Å². The van der Waals surface area contributed by atoms with Crippen LogP contribution in [-0.4, -0.2) is 29.0 Å². The number of nitrogens with one attached hydrogen (secondary N) is 1. The lowest BCUT2D eigenvalue weighted by Crippen LogP contribution is -2.33. The quantitative estimate of drug-likeness (QED) is 0.588. The van der Waals surface area contributed by atoms with E-state index in [4.69, 9.17) is 4.84 Å². The number of hydrogen-bond acceptors (Lipinski definition) is 6. The fourth-order valence-corrected chi connectivity index (χ4v) is 3.27. The number of rotatable bonds is 4. The number of hydrogen-bond donors (Lipinski definition) is 1. The average molecular weight is 423 g/mol. The molecule has 1 aromatic rings. The van der Waals surface area contributed by atoms with Gasteiger partial charge >= 0.3 is 10.1 Å². The summed E-state index contributed by atoms with van der Waals surface area (Å²) in [5.41, 5.74) is -2.46. The van der Waals surface area contributed by atoms with E-state index in [1.54, 1.807) is 0 Å². The highest BCUT2D eigenvalue weighted by atomic mass is 79.9. The molecule has 0 radical (unpaired) electrons. The van der Waals surface area contributed by atoms with Gasteiger partial charge in [0, 0.05) is 7.05 Å². The van der Waals surface area contributed by atoms with E-state index in [0.29, 0.717) is 4.80 Å². The summed E-state index contributed by atoms with van der Waals surface area (Å²) in [7, 11) is -4.40. The second-order valence-corrected chi connectivity index (χ2v) is 8.18. The van der Waals surface area contributed by atoms with Crippen molar-refractivity contribution in [2.45, 2.75) is 29.5 Å². The minimum absolute atomic E-state index is 0.431. The van der Waals surface area contributed by atoms with Crippen molar-refractivity contribution in [3.63, 3.8) is 0 Å². The summed E-state index contributed by atoms with van der Waals surface area (Å²) in [6, 6.07) is 0. The molecule has 1 N–H and O–H groups in total. The summed E-state index contributed by atoms with van der Waals surface area (Å²) in [6.07, 6.45) is 0.901. The van der Waals surface area contributed by atoms with E-state index in [9.17, 15) is 26.0 Å². The predicted octanol–water partition coefficient (Wildman–Crippen LogP) is 1.88. The van der Waals surface area contributed by atoms with Crippen LogP contribution in [0.4, 0.5) is 17.6 Å². The number of sulfone groups is 1. The van der Waals surface area contributed by atoms with Gasteiger partial charge in [0.1, 0.15) is 5.60 Å². The first kappa shape index (κ1) is 18.1. The second kappa shape index (κ2) is 5.14. The molecule has 23 heavy (non-hydrogen) atoms. The molecule has 1 aliphatic rings. The molecule has 0 saturated heterocycles. The van der Waals surface area contributed by atoms with Crippen LogP contribution in [-0.2, 0) is 31.8 Å². The molecule has 7 nitrogen and oxygen atoms in total. The molecular formula is C10H11BrF4N4O3S. The zero-order valence-electron chi connectivity index (χ0n) is 11.9. The van der Waals surface area contributed by atoms with Gasteiger partial charge in [-0.15, -0.1) is 0 Å². The standard InChI is InChI=1S/C10H11BrF4N4O3S/c1-8(2)4-5(18-22-8)23(20,21)10(14,15)7-6(9(11,12)13)16-19(3)17-7/h4,18H,1-3H3. The number of aromatic nitrogens is 3. The van der Waals surface area contributed by atoms with Gasteiger partial charge in [-0.3, -0.25) is 10.3 Å². The Bertz CT molecular complexity index is 770. The minimum Gasteiger partial charge on any atom is -0.265 e. The van der Waals surface area contributed by atoms with Crippen molar-refractivity contribution in [1.82, 2.24) is 20.5 Å². The first-order valence-electron chi connectivity index (χ1n) is 5.97. The number of hydroxylamine groups is 1. The van der Waals surface area contributed by atoms with Crippen LogP contribution in [0.2, 0.25) is 0 Å². The number of nitrogens with zero attached hydrogens (tertiary/aromatic N) is 3. The third-order valence-corrected chi connectivity index (χ3v) is 4.80. The van der Waals surface area contributed by atoms with Gasteiger partial charge in [0.05, 0.1) is 0 Å². The highest BCUT2D eigenvalue weighted by Crippen LogP contribution is 2.44. The molecular weight excluding hydrogens is 412 g/mol. The molecule has 0 fully saturated rings. The first-order chi connectivity index (χ1) is 10.2. The normalized spacial score (nSPS) is 18.7. The van der Waals surface area contributed by atoms with Crippen molar-refractivity contribution in [2.24, 2.45) is 7.05 Å². The molecule has 0 unspecified atom stereocenters. The molecule has 0 aliphatic carbocycles. The van der Waals surface area contributed by atoms with Gasteiger partial charge in [0.25, 0.3) is 9.84 Å². The fraction of sp³-hybridized carbons (Fsp3) is 0.600. The lowest BCUT2D eigenvalue weighted by molar-refractivity contribution is -0.0137. The van der Waals surface area contributed by atoms with Crippen LogP contribution < -0.4 is 5.48 Å². The summed E-state index contributed by atoms with van der Waals surface area (Å²) in [5.74, 6) is 0. The molecule has 1 aliphatic heterocycles. The third kappa shape index (κ3) is 3.08. The van der Waals surface area contributed by atoms with Crippen molar-refractivity contribution in [3.8, 4) is 0 Å². The Hall–Kier alpha value is -1.21. The molecule has 0 bridgehead atoms. The lowest BCUT2D eigenvalue weighted by atomic mass is 10.1. The van der Waals surface area contributed by atoms with E-state index in [2.05, 4.69) is 10.2 Å². The van der Waals surface area contributed by atoms with Gasteiger partial charge in [-0.05, 0) is 35.9 Å². The second-order valence-electron chi connectivity index (χ2n) is 5.22. The monoisotopic (exact) mass is 422 g/mol. The third-order valence-electron chi connectivity index (χ3n) is 2.78. The van der Waals surface area contributed by atoms with E-state index in [1.165, 1.54) is 13.8 Å². The minimum atomic E-state index is -5.41. The van der Waals surface area contributed by atoms with Crippen molar-refractivity contribution < 1.29 is 30.8 Å². The zero-order valence-corrected chi connectivity index (χ0v) is 14.3. The molecule has 2 heterocycles. The smallest absolute Gasteiger partial charge is 0.265 e. The Labute approximate surface area is 136 Å². The summed E-state index contributed by atoms with van der Waals surface area (Å²) in [5, 5.41) is 0.507. The van der Waals surface area contributed by atoms with Gasteiger partial charge in [-0.1, -0.05) is 0 Å². The van der Waals surface area contributed by atoms with Crippen molar-refractivity contribution >= 4 is 25.8 Å². The Morgan fingerprint density at radius 2 is 1.78 bits per heavy atom. The Morgan fingerprint density at radius 1 is 1.26 bits per heavy atom. The molecule has 2 rings (SSSR count). The number of aryl methyl sites for hydroxylation is 1. The first-order valence-corrected chi connectivity index (χ1v) is 8.24. The maximum absolute atomic E-state index is 14.4. The van der Waals surface area contributed by atoms with Gasteiger partial charge in [-0.2, -0.15) is 32.6 Å². The van der Waals surface area contributed by atoms with E-state index < -0.39 is 41.9 Å². The van der Waals surface area contributed by atoms with Crippen LogP contribution >= 0.6 is 15.9 Å². The molecule has 13 heteroatoms. The Morgan fingerprint density at radius 3 is 2.22 bits per heavy atom. The van der Waals surface area contributed by atoms with E-state index >= 15 is 0 Å². The highest BCUT2D eigenvalue weighted by Gasteiger charge is 2.57. The summed E-state index contributed by atoms with van der Waals surface area (Å²) >= 11 is 1.88. The van der Waals surface area contributed by atoms with E-state index in [1.807, 2.05) is 21.4 Å². The van der Waals surface area contributed by atoms with Crippen LogP contribution in [0.25, 0.3) is 0 Å². The van der Waals surface area contributed by atoms with Crippen LogP contribution in [0, 0.1) is 0 Å². The van der Waals surface area contributed by atoms with Crippen LogP contribution in [0.15, 0.2) is 11.1 Å². The van der Waals surface area contributed by atoms with E-state index in [-0.39, 0.29) is 0 Å². The molecule has 0 atom stereocenters. The largest absolute Gasteiger partial charge is 0.396 e. The van der Waals surface area contributed by atoms with Crippen molar-refractivity contribution in [2.75, 3.05) is 0 Å². The van der Waals surface area contributed by atoms with Crippen LogP contribution in [0.3, 0.4) is 0 Å². The maximum atomic E-state index is 14.4. The van der Waals surface area contributed by atoms with Crippen LogP contribution in [0.5, 0.6) is 0 Å². The van der Waals surface area contributed by atoms with Gasteiger partial charge in [0.2, 0.25) is 0 Å². The zero-order chi connectivity index (χ0) is 17.8. The molecule has 0 saturated carbocycles. The highest BCUT2D eigenvalue weighted by molar-refractivity contribution is 9.09. The SMILES string of the molecule is Cn1nc(C(F)(F)Br)c(C(F)(F)S(=O)(=O)C2=CC(C)(C)ON2)n1. The van der Waals surface area contributed by atoms with Gasteiger partial charge in [-0.25, -0.2) is 8.42 Å². The fourth-order valence-electron chi connectivity index (χ4n) is 1.75. The van der Waals surface area contributed by atoms with Gasteiger partial charge in [0.15, 0.2) is 16.4 Å². The average Bonchev–Trinajstić information content (AvgIpc) is 2.92. The Balaban J connectivity index is 2.60. The molecule has 0 aromatic carbocycles. The summed E-state index contributed by atoms with van der Waals surface area (Å²) in [4.78, 5) is 1.27. The predicted molar refractivity (Wildman–Crippen MR) is 73.0 cm³/mol. The lowest BCUT2D eigenvalue weighted by Gasteiger charge is -2.17. The summed E-state index contributed by atoms with van der Waals surface area (Å²) in [6.45, 7) is 2.84. The Kier molecular flexibility index (Phi) is 4.05. The molecule has 0 amide bonds. The van der Waals surface area contributed by atoms with Gasteiger partial charge < -0.3 is 0 Å². The number of alkyl halides is 5. The number of halogens is 5. The maximum Gasteiger partial charge on any atom is 0.396 e. The van der Waals surface area contributed by atoms with Crippen LogP contribution in [0.1, 0.15) is 25.2 Å². The molecule has 1 aromatic heterocycles. The van der Waals surface area contributed by atoms with Crippen molar-refractivity contribution in [1.29, 1.82) is 0 Å². The van der Waals surface area contributed by atoms with E-state index in [0.717, 1.165) is 13.1 Å². The molecule has 0 spiro atoms.